The van der Waals surface area contributed by atoms with E-state index in [1.807, 2.05) is 0 Å². The fourth-order valence-electron chi connectivity index (χ4n) is 2.03. The summed E-state index contributed by atoms with van der Waals surface area (Å²) in [7, 11) is 0. The first-order valence-electron chi connectivity index (χ1n) is 7.10. The second-order valence-electron chi connectivity index (χ2n) is 4.93. The zero-order chi connectivity index (χ0) is 17.7. The van der Waals surface area contributed by atoms with Crippen LogP contribution >= 0.6 is 23.2 Å². The van der Waals surface area contributed by atoms with Gasteiger partial charge in [-0.25, -0.2) is 0 Å². The van der Waals surface area contributed by atoms with Crippen LogP contribution in [0.25, 0.3) is 0 Å². The Kier molecular flexibility index (Phi) is 6.39. The minimum atomic E-state index is -2.93. The van der Waals surface area contributed by atoms with Gasteiger partial charge in [0.05, 0.1) is 5.69 Å². The molecule has 1 amide bonds. The Morgan fingerprint density at radius 1 is 1.42 bits per heavy atom. The number of halogens is 4. The molecule has 0 fully saturated rings. The third-order valence-electron chi connectivity index (χ3n) is 3.15. The van der Waals surface area contributed by atoms with Gasteiger partial charge in [0.2, 0.25) is 0 Å². The summed E-state index contributed by atoms with van der Waals surface area (Å²) in [6, 6.07) is 5.60. The quantitative estimate of drug-likeness (QED) is 0.743. The van der Waals surface area contributed by atoms with Gasteiger partial charge in [-0.05, 0) is 31.5 Å². The molecular formula is C15H15Cl2F2N3O2. The fourth-order valence-corrected chi connectivity index (χ4v) is 2.42. The van der Waals surface area contributed by atoms with Crippen LogP contribution in [-0.4, -0.2) is 28.8 Å². The summed E-state index contributed by atoms with van der Waals surface area (Å²) in [5, 5.41) is 7.64. The van der Waals surface area contributed by atoms with Crippen molar-refractivity contribution in [2.45, 2.75) is 26.5 Å². The number of benzene rings is 1. The Balaban J connectivity index is 1.84. The molecule has 1 aromatic heterocycles. The average molecular weight is 378 g/mol. The highest BCUT2D eigenvalue weighted by Crippen LogP contribution is 2.24. The van der Waals surface area contributed by atoms with E-state index in [4.69, 9.17) is 23.2 Å². The molecule has 0 atom stereocenters. The number of carbonyl (C=O) groups excluding carboxylic acids is 1. The number of alkyl halides is 2. The van der Waals surface area contributed by atoms with E-state index in [0.29, 0.717) is 35.4 Å². The summed E-state index contributed by atoms with van der Waals surface area (Å²) in [4.78, 5) is 12.0. The lowest BCUT2D eigenvalue weighted by Gasteiger charge is -2.08. The van der Waals surface area contributed by atoms with E-state index in [1.54, 1.807) is 11.6 Å². The van der Waals surface area contributed by atoms with Gasteiger partial charge in [0.1, 0.15) is 15.9 Å². The van der Waals surface area contributed by atoms with Gasteiger partial charge in [0.15, 0.2) is 0 Å². The van der Waals surface area contributed by atoms with Crippen LogP contribution in [0.5, 0.6) is 5.75 Å². The van der Waals surface area contributed by atoms with Gasteiger partial charge >= 0.3 is 6.61 Å². The Morgan fingerprint density at radius 3 is 2.79 bits per heavy atom. The molecule has 0 unspecified atom stereocenters. The van der Waals surface area contributed by atoms with Crippen molar-refractivity contribution in [2.24, 2.45) is 0 Å². The third-order valence-corrected chi connectivity index (χ3v) is 4.08. The SMILES string of the molecule is Cc1nn(CCCNC(=O)c2cccc(OC(F)F)c2)c(Cl)c1Cl. The lowest BCUT2D eigenvalue weighted by Crippen LogP contribution is -2.25. The van der Waals surface area contributed by atoms with Gasteiger partial charge < -0.3 is 10.1 Å². The topological polar surface area (TPSA) is 56.2 Å². The van der Waals surface area contributed by atoms with Crippen LogP contribution in [0, 0.1) is 6.92 Å². The molecule has 1 heterocycles. The number of nitrogens with zero attached hydrogens (tertiary/aromatic N) is 2. The molecule has 0 aliphatic heterocycles. The predicted octanol–water partition coefficient (Wildman–Crippen LogP) is 3.92. The molecule has 130 valence electrons. The third kappa shape index (κ3) is 4.82. The van der Waals surface area contributed by atoms with Crippen molar-refractivity contribution < 1.29 is 18.3 Å². The van der Waals surface area contributed by atoms with Gasteiger partial charge in [0, 0.05) is 18.7 Å². The largest absolute Gasteiger partial charge is 0.435 e. The molecule has 2 rings (SSSR count). The monoisotopic (exact) mass is 377 g/mol. The first-order chi connectivity index (χ1) is 11.4. The van der Waals surface area contributed by atoms with Crippen molar-refractivity contribution in [2.75, 3.05) is 6.54 Å². The molecule has 0 aliphatic rings. The van der Waals surface area contributed by atoms with Crippen molar-refractivity contribution in [1.82, 2.24) is 15.1 Å². The second-order valence-corrected chi connectivity index (χ2v) is 5.67. The maximum atomic E-state index is 12.2. The first kappa shape index (κ1) is 18.5. The fraction of sp³-hybridized carbons (Fsp3) is 0.333. The molecule has 0 saturated carbocycles. The van der Waals surface area contributed by atoms with E-state index in [-0.39, 0.29) is 17.2 Å². The number of ether oxygens (including phenoxy) is 1. The van der Waals surface area contributed by atoms with E-state index < -0.39 is 6.61 Å². The van der Waals surface area contributed by atoms with Crippen LogP contribution in [0.4, 0.5) is 8.78 Å². The highest BCUT2D eigenvalue weighted by atomic mass is 35.5. The number of amides is 1. The number of rotatable bonds is 7. The molecule has 0 aliphatic carbocycles. The van der Waals surface area contributed by atoms with Gasteiger partial charge in [-0.15, -0.1) is 0 Å². The average Bonchev–Trinajstić information content (AvgIpc) is 2.78. The number of hydrogen-bond acceptors (Lipinski definition) is 3. The summed E-state index contributed by atoms with van der Waals surface area (Å²) in [6.07, 6.45) is 0.579. The van der Waals surface area contributed by atoms with Crippen LogP contribution in [-0.2, 0) is 6.54 Å². The van der Waals surface area contributed by atoms with E-state index in [2.05, 4.69) is 15.2 Å². The smallest absolute Gasteiger partial charge is 0.387 e. The van der Waals surface area contributed by atoms with Gasteiger partial charge in [-0.1, -0.05) is 29.3 Å². The normalized spacial score (nSPS) is 10.9. The van der Waals surface area contributed by atoms with Crippen LogP contribution in [0.15, 0.2) is 24.3 Å². The molecule has 2 aromatic rings. The van der Waals surface area contributed by atoms with Crippen molar-refractivity contribution in [1.29, 1.82) is 0 Å². The highest BCUT2D eigenvalue weighted by molar-refractivity contribution is 6.41. The maximum absolute atomic E-state index is 12.2. The molecule has 0 saturated heterocycles. The molecule has 1 aromatic carbocycles. The van der Waals surface area contributed by atoms with Crippen LogP contribution in [0.1, 0.15) is 22.5 Å². The van der Waals surface area contributed by atoms with E-state index in [9.17, 15) is 13.6 Å². The zero-order valence-electron chi connectivity index (χ0n) is 12.7. The van der Waals surface area contributed by atoms with Crippen LogP contribution in [0.2, 0.25) is 10.2 Å². The Bertz CT molecular complexity index is 723. The summed E-state index contributed by atoms with van der Waals surface area (Å²) < 4.78 is 30.2. The Morgan fingerprint density at radius 2 is 2.17 bits per heavy atom. The molecular weight excluding hydrogens is 363 g/mol. The molecule has 1 N–H and O–H groups in total. The Labute approximate surface area is 147 Å². The number of aromatic nitrogens is 2. The number of carbonyl (C=O) groups is 1. The number of aryl methyl sites for hydroxylation is 2. The minimum Gasteiger partial charge on any atom is -0.435 e. The Hall–Kier alpha value is -1.86. The number of hydrogen-bond donors (Lipinski definition) is 1. The second kappa shape index (κ2) is 8.30. The van der Waals surface area contributed by atoms with E-state index in [1.165, 1.54) is 24.3 Å². The lowest BCUT2D eigenvalue weighted by atomic mass is 10.2. The highest BCUT2D eigenvalue weighted by Gasteiger charge is 2.11. The van der Waals surface area contributed by atoms with Crippen LogP contribution < -0.4 is 10.1 Å². The summed E-state index contributed by atoms with van der Waals surface area (Å²) >= 11 is 12.0. The standard InChI is InChI=1S/C15H15Cl2F2N3O2/c1-9-12(16)13(17)22(21-9)7-3-6-20-14(23)10-4-2-5-11(8-10)24-15(18)19/h2,4-5,8,15H,3,6-7H2,1H3,(H,20,23). The van der Waals surface area contributed by atoms with Gasteiger partial charge in [-0.2, -0.15) is 13.9 Å². The minimum absolute atomic E-state index is 0.0638. The maximum Gasteiger partial charge on any atom is 0.387 e. The summed E-state index contributed by atoms with van der Waals surface area (Å²) in [5.74, 6) is -0.443. The van der Waals surface area contributed by atoms with Crippen molar-refractivity contribution in [3.63, 3.8) is 0 Å². The van der Waals surface area contributed by atoms with E-state index in [0.717, 1.165) is 0 Å². The zero-order valence-corrected chi connectivity index (χ0v) is 14.2. The molecule has 0 bridgehead atoms. The van der Waals surface area contributed by atoms with Crippen molar-refractivity contribution in [3.05, 3.63) is 45.7 Å². The molecule has 5 nitrogen and oxygen atoms in total. The number of nitrogens with one attached hydrogen (secondary N) is 1. The first-order valence-corrected chi connectivity index (χ1v) is 7.85. The summed E-state index contributed by atoms with van der Waals surface area (Å²) in [6.45, 7) is -0.328. The molecule has 24 heavy (non-hydrogen) atoms. The van der Waals surface area contributed by atoms with E-state index >= 15 is 0 Å². The van der Waals surface area contributed by atoms with Gasteiger partial charge in [0.25, 0.3) is 5.91 Å². The van der Waals surface area contributed by atoms with Crippen molar-refractivity contribution >= 4 is 29.1 Å². The van der Waals surface area contributed by atoms with Gasteiger partial charge in [-0.3, -0.25) is 9.48 Å². The van der Waals surface area contributed by atoms with Crippen molar-refractivity contribution in [3.8, 4) is 5.75 Å². The molecule has 9 heteroatoms. The predicted molar refractivity (Wildman–Crippen MR) is 87.0 cm³/mol. The summed E-state index contributed by atoms with van der Waals surface area (Å²) in [5.41, 5.74) is 0.880. The lowest BCUT2D eigenvalue weighted by molar-refractivity contribution is -0.0498. The molecule has 0 spiro atoms. The van der Waals surface area contributed by atoms with Crippen LogP contribution in [0.3, 0.4) is 0 Å². The molecule has 0 radical (unpaired) electrons.